The molecule has 26 heavy (non-hydrogen) atoms. The van der Waals surface area contributed by atoms with Crippen molar-refractivity contribution in [1.29, 1.82) is 0 Å². The predicted molar refractivity (Wildman–Crippen MR) is 105 cm³/mol. The SMILES string of the molecule is Clc1cccc(Cn2c(-c3cc4ccccc4o3)nc3ccccc32)c1. The first-order valence-electron chi connectivity index (χ1n) is 8.46. The average Bonchev–Trinajstić information content (AvgIpc) is 3.23. The molecule has 2 aromatic heterocycles. The number of benzene rings is 3. The Morgan fingerprint density at radius 2 is 1.73 bits per heavy atom. The van der Waals surface area contributed by atoms with Crippen molar-refractivity contribution in [3.05, 3.63) is 89.4 Å². The lowest BCUT2D eigenvalue weighted by molar-refractivity contribution is 0.618. The third-order valence-corrected chi connectivity index (χ3v) is 4.77. The fourth-order valence-electron chi connectivity index (χ4n) is 3.33. The third-order valence-electron chi connectivity index (χ3n) is 4.53. The molecule has 5 aromatic rings. The second kappa shape index (κ2) is 6.04. The molecule has 0 bridgehead atoms. The number of hydrogen-bond donors (Lipinski definition) is 0. The predicted octanol–water partition coefficient (Wildman–Crippen LogP) is 6.15. The van der Waals surface area contributed by atoms with Gasteiger partial charge in [0.15, 0.2) is 11.6 Å². The number of aromatic nitrogens is 2. The van der Waals surface area contributed by atoms with E-state index in [0.29, 0.717) is 6.54 Å². The summed E-state index contributed by atoms with van der Waals surface area (Å²) in [5, 5.41) is 1.81. The number of fused-ring (bicyclic) bond motifs is 2. The molecule has 5 rings (SSSR count). The zero-order valence-corrected chi connectivity index (χ0v) is 14.6. The van der Waals surface area contributed by atoms with Gasteiger partial charge in [0.1, 0.15) is 5.58 Å². The van der Waals surface area contributed by atoms with Gasteiger partial charge in [-0.2, -0.15) is 0 Å². The summed E-state index contributed by atoms with van der Waals surface area (Å²) in [5.74, 6) is 1.59. The van der Waals surface area contributed by atoms with Crippen molar-refractivity contribution >= 4 is 33.6 Å². The largest absolute Gasteiger partial charge is 0.453 e. The number of halogens is 1. The number of furan rings is 1. The lowest BCUT2D eigenvalue weighted by Gasteiger charge is -2.08. The number of para-hydroxylation sites is 3. The maximum Gasteiger partial charge on any atom is 0.177 e. The van der Waals surface area contributed by atoms with Crippen LogP contribution in [-0.2, 0) is 6.54 Å². The number of rotatable bonds is 3. The Labute approximate surface area is 155 Å². The Morgan fingerprint density at radius 3 is 2.62 bits per heavy atom. The van der Waals surface area contributed by atoms with Gasteiger partial charge in [-0.3, -0.25) is 0 Å². The molecule has 0 saturated heterocycles. The van der Waals surface area contributed by atoms with E-state index >= 15 is 0 Å². The summed E-state index contributed by atoms with van der Waals surface area (Å²) in [7, 11) is 0. The summed E-state index contributed by atoms with van der Waals surface area (Å²) in [4.78, 5) is 4.83. The highest BCUT2D eigenvalue weighted by Crippen LogP contribution is 2.30. The molecule has 0 unspecified atom stereocenters. The van der Waals surface area contributed by atoms with Crippen LogP contribution in [0.4, 0.5) is 0 Å². The van der Waals surface area contributed by atoms with E-state index in [-0.39, 0.29) is 0 Å². The van der Waals surface area contributed by atoms with Crippen molar-refractivity contribution in [2.24, 2.45) is 0 Å². The van der Waals surface area contributed by atoms with E-state index < -0.39 is 0 Å². The van der Waals surface area contributed by atoms with E-state index in [1.807, 2.05) is 66.7 Å². The van der Waals surface area contributed by atoms with Gasteiger partial charge in [0.2, 0.25) is 0 Å². The summed E-state index contributed by atoms with van der Waals surface area (Å²) in [6, 6.07) is 26.1. The molecule has 126 valence electrons. The van der Waals surface area contributed by atoms with Gasteiger partial charge in [-0.15, -0.1) is 0 Å². The molecule has 0 aliphatic heterocycles. The molecule has 0 saturated carbocycles. The van der Waals surface area contributed by atoms with E-state index in [2.05, 4.69) is 16.7 Å². The fraction of sp³-hybridized carbons (Fsp3) is 0.0455. The Hall–Kier alpha value is -3.04. The molecule has 2 heterocycles. The van der Waals surface area contributed by atoms with Crippen LogP contribution in [0.1, 0.15) is 5.56 Å². The summed E-state index contributed by atoms with van der Waals surface area (Å²) in [5.41, 5.74) is 4.01. The van der Waals surface area contributed by atoms with Crippen LogP contribution in [0.5, 0.6) is 0 Å². The van der Waals surface area contributed by atoms with E-state index in [1.54, 1.807) is 0 Å². The molecule has 0 aliphatic carbocycles. The maximum atomic E-state index is 6.17. The van der Waals surface area contributed by atoms with Crippen LogP contribution in [0.2, 0.25) is 5.02 Å². The van der Waals surface area contributed by atoms with Crippen LogP contribution < -0.4 is 0 Å². The second-order valence-electron chi connectivity index (χ2n) is 6.29. The van der Waals surface area contributed by atoms with Gasteiger partial charge >= 0.3 is 0 Å². The van der Waals surface area contributed by atoms with Gasteiger partial charge in [-0.25, -0.2) is 4.98 Å². The first-order valence-corrected chi connectivity index (χ1v) is 8.84. The smallest absolute Gasteiger partial charge is 0.177 e. The summed E-state index contributed by atoms with van der Waals surface area (Å²) in [6.07, 6.45) is 0. The van der Waals surface area contributed by atoms with Crippen LogP contribution >= 0.6 is 11.6 Å². The van der Waals surface area contributed by atoms with Gasteiger partial charge in [0, 0.05) is 17.0 Å². The quantitative estimate of drug-likeness (QED) is 0.387. The molecular weight excluding hydrogens is 344 g/mol. The Kier molecular flexibility index (Phi) is 3.54. The van der Waals surface area contributed by atoms with Gasteiger partial charge in [-0.1, -0.05) is 54.1 Å². The first-order chi connectivity index (χ1) is 12.8. The molecule has 0 amide bonds. The van der Waals surface area contributed by atoms with Gasteiger partial charge < -0.3 is 8.98 Å². The first kappa shape index (κ1) is 15.2. The van der Waals surface area contributed by atoms with E-state index in [9.17, 15) is 0 Å². The summed E-state index contributed by atoms with van der Waals surface area (Å²) < 4.78 is 8.26. The van der Waals surface area contributed by atoms with E-state index in [1.165, 1.54) is 0 Å². The highest BCUT2D eigenvalue weighted by molar-refractivity contribution is 6.30. The van der Waals surface area contributed by atoms with Crippen molar-refractivity contribution < 1.29 is 4.42 Å². The van der Waals surface area contributed by atoms with Crippen molar-refractivity contribution in [3.8, 4) is 11.6 Å². The highest BCUT2D eigenvalue weighted by atomic mass is 35.5. The Balaban J connectivity index is 1.71. The zero-order chi connectivity index (χ0) is 17.5. The van der Waals surface area contributed by atoms with Gasteiger partial charge in [0.05, 0.1) is 11.0 Å². The third kappa shape index (κ3) is 2.57. The molecule has 0 spiro atoms. The molecule has 0 radical (unpaired) electrons. The van der Waals surface area contributed by atoms with Crippen molar-refractivity contribution in [2.45, 2.75) is 6.54 Å². The van der Waals surface area contributed by atoms with E-state index in [0.717, 1.165) is 44.2 Å². The van der Waals surface area contributed by atoms with Crippen molar-refractivity contribution in [2.75, 3.05) is 0 Å². The number of hydrogen-bond acceptors (Lipinski definition) is 2. The fourth-order valence-corrected chi connectivity index (χ4v) is 3.55. The minimum absolute atomic E-state index is 0.674. The number of imidazole rings is 1. The lowest BCUT2D eigenvalue weighted by Crippen LogP contribution is -2.01. The molecule has 0 atom stereocenters. The number of nitrogens with zero attached hydrogens (tertiary/aromatic N) is 2. The molecule has 4 heteroatoms. The lowest BCUT2D eigenvalue weighted by atomic mass is 10.2. The van der Waals surface area contributed by atoms with E-state index in [4.69, 9.17) is 21.0 Å². The minimum atomic E-state index is 0.674. The van der Waals surface area contributed by atoms with Crippen LogP contribution in [0.3, 0.4) is 0 Å². The topological polar surface area (TPSA) is 31.0 Å². The van der Waals surface area contributed by atoms with Gasteiger partial charge in [-0.05, 0) is 42.0 Å². The average molecular weight is 359 g/mol. The molecule has 3 nitrogen and oxygen atoms in total. The molecule has 3 aromatic carbocycles. The summed E-state index contributed by atoms with van der Waals surface area (Å²) in [6.45, 7) is 0.674. The highest BCUT2D eigenvalue weighted by Gasteiger charge is 2.16. The molecule has 0 aliphatic rings. The van der Waals surface area contributed by atoms with Crippen LogP contribution in [-0.4, -0.2) is 9.55 Å². The Bertz CT molecular complexity index is 1200. The van der Waals surface area contributed by atoms with Crippen LogP contribution in [0.15, 0.2) is 83.3 Å². The normalized spacial score (nSPS) is 11.4. The van der Waals surface area contributed by atoms with Crippen molar-refractivity contribution in [3.63, 3.8) is 0 Å². The minimum Gasteiger partial charge on any atom is -0.453 e. The van der Waals surface area contributed by atoms with Crippen LogP contribution in [0, 0.1) is 0 Å². The standard InChI is InChI=1S/C22H15ClN2O/c23-17-8-5-6-15(12-17)14-25-19-10-3-2-9-18(19)24-22(25)21-13-16-7-1-4-11-20(16)26-21/h1-13H,14H2. The molecule has 0 fully saturated rings. The Morgan fingerprint density at radius 1 is 0.885 bits per heavy atom. The van der Waals surface area contributed by atoms with Gasteiger partial charge in [0.25, 0.3) is 0 Å². The monoisotopic (exact) mass is 358 g/mol. The molecule has 0 N–H and O–H groups in total. The maximum absolute atomic E-state index is 6.17. The zero-order valence-electron chi connectivity index (χ0n) is 13.9. The van der Waals surface area contributed by atoms with Crippen molar-refractivity contribution in [1.82, 2.24) is 9.55 Å². The molecular formula is C22H15ClN2O. The van der Waals surface area contributed by atoms with Crippen LogP contribution in [0.25, 0.3) is 33.6 Å². The summed E-state index contributed by atoms with van der Waals surface area (Å²) >= 11 is 6.17. The second-order valence-corrected chi connectivity index (χ2v) is 6.73.